The summed E-state index contributed by atoms with van der Waals surface area (Å²) in [6, 6.07) is 7.26. The van der Waals surface area contributed by atoms with Crippen LogP contribution < -0.4 is 14.8 Å². The highest BCUT2D eigenvalue weighted by atomic mass is 16.6. The Hall–Kier alpha value is -1.26. The molecule has 2 heterocycles. The van der Waals surface area contributed by atoms with Gasteiger partial charge in [0.15, 0.2) is 11.5 Å². The number of ether oxygens (including phenoxy) is 2. The van der Waals surface area contributed by atoms with Crippen molar-refractivity contribution in [1.29, 1.82) is 0 Å². The minimum Gasteiger partial charge on any atom is -0.486 e. The van der Waals surface area contributed by atoms with Gasteiger partial charge in [0.25, 0.3) is 0 Å². The van der Waals surface area contributed by atoms with Crippen LogP contribution in [0.2, 0.25) is 0 Å². The third kappa shape index (κ3) is 3.50. The van der Waals surface area contributed by atoms with Crippen LogP contribution >= 0.6 is 0 Å². The van der Waals surface area contributed by atoms with Crippen LogP contribution in [0.4, 0.5) is 0 Å². The molecule has 4 heteroatoms. The SMILES string of the molecule is CC(NCC1CCCCN1C)c1ccc2c(c1)OCCO2. The first-order valence-corrected chi connectivity index (χ1v) is 8.07. The molecule has 2 atom stereocenters. The molecule has 0 amide bonds. The van der Waals surface area contributed by atoms with Gasteiger partial charge in [-0.3, -0.25) is 0 Å². The van der Waals surface area contributed by atoms with E-state index in [4.69, 9.17) is 9.47 Å². The number of likely N-dealkylation sites (tertiary alicyclic amines) is 1. The van der Waals surface area contributed by atoms with E-state index in [2.05, 4.69) is 36.3 Å². The largest absolute Gasteiger partial charge is 0.486 e. The van der Waals surface area contributed by atoms with Gasteiger partial charge in [0.05, 0.1) is 0 Å². The first kappa shape index (κ1) is 14.7. The summed E-state index contributed by atoms with van der Waals surface area (Å²) in [6.07, 6.45) is 4.00. The summed E-state index contributed by atoms with van der Waals surface area (Å²) in [5, 5.41) is 3.67. The smallest absolute Gasteiger partial charge is 0.161 e. The molecule has 116 valence electrons. The highest BCUT2D eigenvalue weighted by Gasteiger charge is 2.20. The Bertz CT molecular complexity index is 478. The van der Waals surface area contributed by atoms with Gasteiger partial charge in [0.1, 0.15) is 13.2 Å². The molecule has 0 aromatic heterocycles. The number of rotatable bonds is 4. The number of hydrogen-bond acceptors (Lipinski definition) is 4. The van der Waals surface area contributed by atoms with Crippen molar-refractivity contribution >= 4 is 0 Å². The Labute approximate surface area is 127 Å². The molecular weight excluding hydrogens is 264 g/mol. The Morgan fingerprint density at radius 3 is 2.86 bits per heavy atom. The zero-order chi connectivity index (χ0) is 14.7. The summed E-state index contributed by atoms with van der Waals surface area (Å²) in [4.78, 5) is 2.48. The quantitative estimate of drug-likeness (QED) is 0.924. The van der Waals surface area contributed by atoms with Gasteiger partial charge in [-0.25, -0.2) is 0 Å². The van der Waals surface area contributed by atoms with Crippen LogP contribution in [0.15, 0.2) is 18.2 Å². The average Bonchev–Trinajstić information content (AvgIpc) is 2.53. The summed E-state index contributed by atoms with van der Waals surface area (Å²) in [5.74, 6) is 1.74. The molecule has 0 aliphatic carbocycles. The average molecular weight is 290 g/mol. The van der Waals surface area contributed by atoms with Crippen molar-refractivity contribution in [3.05, 3.63) is 23.8 Å². The lowest BCUT2D eigenvalue weighted by atomic mass is 10.0. The standard InChI is InChI=1S/C17H26N2O2/c1-13(18-12-15-5-3-4-8-19(15)2)14-6-7-16-17(11-14)21-10-9-20-16/h6-7,11,13,15,18H,3-5,8-10,12H2,1-2H3. The third-order valence-corrected chi connectivity index (χ3v) is 4.65. The van der Waals surface area contributed by atoms with Crippen LogP contribution in [0, 0.1) is 0 Å². The molecule has 2 unspecified atom stereocenters. The lowest BCUT2D eigenvalue weighted by Crippen LogP contribution is -2.43. The predicted octanol–water partition coefficient (Wildman–Crippen LogP) is 2.59. The molecule has 2 aliphatic heterocycles. The zero-order valence-corrected chi connectivity index (χ0v) is 13.1. The van der Waals surface area contributed by atoms with E-state index in [0.29, 0.717) is 25.3 Å². The summed E-state index contributed by atoms with van der Waals surface area (Å²) in [7, 11) is 2.24. The highest BCUT2D eigenvalue weighted by Crippen LogP contribution is 2.32. The van der Waals surface area contributed by atoms with Gasteiger partial charge in [-0.1, -0.05) is 12.5 Å². The van der Waals surface area contributed by atoms with Gasteiger partial charge in [0, 0.05) is 18.6 Å². The van der Waals surface area contributed by atoms with E-state index in [0.717, 1.165) is 18.0 Å². The van der Waals surface area contributed by atoms with E-state index in [1.165, 1.54) is 31.4 Å². The molecule has 0 bridgehead atoms. The number of piperidine rings is 1. The van der Waals surface area contributed by atoms with Gasteiger partial charge in [-0.2, -0.15) is 0 Å². The second kappa shape index (κ2) is 6.67. The highest BCUT2D eigenvalue weighted by molar-refractivity contribution is 5.44. The van der Waals surface area contributed by atoms with Crippen LogP contribution in [-0.2, 0) is 0 Å². The van der Waals surface area contributed by atoms with Crippen molar-refractivity contribution in [2.45, 2.75) is 38.3 Å². The maximum Gasteiger partial charge on any atom is 0.161 e. The molecular formula is C17H26N2O2. The van der Waals surface area contributed by atoms with Crippen molar-refractivity contribution in [1.82, 2.24) is 10.2 Å². The number of likely N-dealkylation sites (N-methyl/N-ethyl adjacent to an activating group) is 1. The molecule has 3 rings (SSSR count). The van der Waals surface area contributed by atoms with Crippen molar-refractivity contribution in [3.63, 3.8) is 0 Å². The van der Waals surface area contributed by atoms with Gasteiger partial charge >= 0.3 is 0 Å². The topological polar surface area (TPSA) is 33.7 Å². The first-order chi connectivity index (χ1) is 10.2. The van der Waals surface area contributed by atoms with Crippen molar-refractivity contribution < 1.29 is 9.47 Å². The van der Waals surface area contributed by atoms with Crippen molar-refractivity contribution in [2.24, 2.45) is 0 Å². The zero-order valence-electron chi connectivity index (χ0n) is 13.1. The van der Waals surface area contributed by atoms with Gasteiger partial charge in [-0.05, 0) is 51.1 Å². The normalized spacial score (nSPS) is 23.8. The molecule has 1 saturated heterocycles. The fourth-order valence-corrected chi connectivity index (χ4v) is 3.16. The predicted molar refractivity (Wildman–Crippen MR) is 84.1 cm³/mol. The number of benzene rings is 1. The van der Waals surface area contributed by atoms with Gasteiger partial charge in [-0.15, -0.1) is 0 Å². The molecule has 0 saturated carbocycles. The van der Waals surface area contributed by atoms with Crippen LogP contribution in [0.3, 0.4) is 0 Å². The fourth-order valence-electron chi connectivity index (χ4n) is 3.16. The molecule has 0 spiro atoms. The Kier molecular flexibility index (Phi) is 4.66. The molecule has 0 radical (unpaired) electrons. The molecule has 2 aliphatic rings. The fraction of sp³-hybridized carbons (Fsp3) is 0.647. The van der Waals surface area contributed by atoms with Gasteiger partial charge in [0.2, 0.25) is 0 Å². The van der Waals surface area contributed by atoms with Crippen molar-refractivity contribution in [2.75, 3.05) is 33.4 Å². The summed E-state index contributed by atoms with van der Waals surface area (Å²) in [6.45, 7) is 5.78. The Morgan fingerprint density at radius 1 is 1.24 bits per heavy atom. The summed E-state index contributed by atoms with van der Waals surface area (Å²) in [5.41, 5.74) is 1.26. The molecule has 1 N–H and O–H groups in total. The summed E-state index contributed by atoms with van der Waals surface area (Å²) >= 11 is 0. The lowest BCUT2D eigenvalue weighted by Gasteiger charge is -2.33. The molecule has 1 fully saturated rings. The van der Waals surface area contributed by atoms with Crippen LogP contribution in [0.1, 0.15) is 37.8 Å². The monoisotopic (exact) mass is 290 g/mol. The minimum atomic E-state index is 0.330. The Balaban J connectivity index is 1.58. The van der Waals surface area contributed by atoms with E-state index in [1.54, 1.807) is 0 Å². The number of nitrogens with one attached hydrogen (secondary N) is 1. The van der Waals surface area contributed by atoms with Crippen LogP contribution in [0.5, 0.6) is 11.5 Å². The summed E-state index contributed by atoms with van der Waals surface area (Å²) < 4.78 is 11.2. The maximum atomic E-state index is 5.66. The van der Waals surface area contributed by atoms with Gasteiger partial charge < -0.3 is 19.7 Å². The second-order valence-electron chi connectivity index (χ2n) is 6.16. The Morgan fingerprint density at radius 2 is 2.05 bits per heavy atom. The van der Waals surface area contributed by atoms with Crippen LogP contribution in [0.25, 0.3) is 0 Å². The molecule has 4 nitrogen and oxygen atoms in total. The van der Waals surface area contributed by atoms with E-state index in [-0.39, 0.29) is 0 Å². The molecule has 1 aromatic carbocycles. The number of hydrogen-bond donors (Lipinski definition) is 1. The van der Waals surface area contributed by atoms with E-state index in [9.17, 15) is 0 Å². The lowest BCUT2D eigenvalue weighted by molar-refractivity contribution is 0.170. The second-order valence-corrected chi connectivity index (χ2v) is 6.16. The minimum absolute atomic E-state index is 0.330. The van der Waals surface area contributed by atoms with E-state index in [1.807, 2.05) is 6.07 Å². The third-order valence-electron chi connectivity index (χ3n) is 4.65. The van der Waals surface area contributed by atoms with E-state index >= 15 is 0 Å². The molecule has 1 aromatic rings. The van der Waals surface area contributed by atoms with E-state index < -0.39 is 0 Å². The number of nitrogens with zero attached hydrogens (tertiary/aromatic N) is 1. The maximum absolute atomic E-state index is 5.66. The van der Waals surface area contributed by atoms with Crippen molar-refractivity contribution in [3.8, 4) is 11.5 Å². The van der Waals surface area contributed by atoms with Crippen LogP contribution in [-0.4, -0.2) is 44.3 Å². The first-order valence-electron chi connectivity index (χ1n) is 8.07. The molecule has 21 heavy (non-hydrogen) atoms. The number of fused-ring (bicyclic) bond motifs is 1.